The molecule has 1 aliphatic heterocycles. The maximum absolute atomic E-state index is 11.8. The summed E-state index contributed by atoms with van der Waals surface area (Å²) in [6.45, 7) is 1.32. The van der Waals surface area contributed by atoms with Crippen LogP contribution in [-0.4, -0.2) is 41.8 Å². The second-order valence-electron chi connectivity index (χ2n) is 5.19. The number of phosphoric acid groups is 1. The average Bonchev–Trinajstić information content (AvgIpc) is 2.95. The molecule has 2 rings (SSSR count). The first-order chi connectivity index (χ1) is 12.1. The van der Waals surface area contributed by atoms with Gasteiger partial charge >= 0.3 is 30.7 Å². The standard InChI is InChI=1S/C10H17N2O11P3/c1-6-4-12(10(14)11-9(6)13)8-3-2-7(21-8)5-20-25(17)23-26(18,19)22-24(15)16/h4,7-8,15-17H,2-3,5H2,1H3,(H,18,19)(H,11,13,14). The highest BCUT2D eigenvalue weighted by Gasteiger charge is 2.33. The maximum Gasteiger partial charge on any atom is 0.485 e. The Balaban J connectivity index is 1.86. The molecule has 13 nitrogen and oxygen atoms in total. The quantitative estimate of drug-likeness (QED) is 0.349. The number of hydrogen-bond donors (Lipinski definition) is 5. The molecule has 1 aliphatic rings. The van der Waals surface area contributed by atoms with Crippen LogP contribution in [0.1, 0.15) is 24.6 Å². The molecule has 26 heavy (non-hydrogen) atoms. The average molecular weight is 434 g/mol. The smallest absolute Gasteiger partial charge is 0.352 e. The molecular formula is C10H17N2O11P3. The molecule has 0 aliphatic carbocycles. The number of nitrogens with zero attached hydrogens (tertiary/aromatic N) is 1. The highest BCUT2D eigenvalue weighted by Crippen LogP contribution is 2.61. The fourth-order valence-corrected chi connectivity index (χ4v) is 4.49. The minimum Gasteiger partial charge on any atom is -0.352 e. The summed E-state index contributed by atoms with van der Waals surface area (Å²) in [6.07, 6.45) is 1.07. The van der Waals surface area contributed by atoms with E-state index in [1.807, 2.05) is 0 Å². The number of aromatic nitrogens is 2. The van der Waals surface area contributed by atoms with Crippen LogP contribution < -0.4 is 11.2 Å². The van der Waals surface area contributed by atoms with E-state index in [0.29, 0.717) is 18.4 Å². The lowest BCUT2D eigenvalue weighted by molar-refractivity contribution is -0.0217. The van der Waals surface area contributed by atoms with Gasteiger partial charge in [-0.15, -0.1) is 0 Å². The van der Waals surface area contributed by atoms with Crippen LogP contribution in [0.25, 0.3) is 0 Å². The molecule has 5 N–H and O–H groups in total. The SMILES string of the molecule is Cc1cn(C2CCC(COP(O)OP(=O)(O)OP(O)O)O2)c(=O)[nH]c1=O. The minimum absolute atomic E-state index is 0.219. The van der Waals surface area contributed by atoms with E-state index in [9.17, 15) is 19.0 Å². The summed E-state index contributed by atoms with van der Waals surface area (Å²) in [5.74, 6) is 0. The van der Waals surface area contributed by atoms with Gasteiger partial charge in [0, 0.05) is 11.8 Å². The van der Waals surface area contributed by atoms with Gasteiger partial charge in [-0.25, -0.2) is 18.0 Å². The summed E-state index contributed by atoms with van der Waals surface area (Å²) < 4.78 is 31.0. The van der Waals surface area contributed by atoms with Crippen molar-refractivity contribution in [1.29, 1.82) is 0 Å². The topological polar surface area (TPSA) is 190 Å². The monoisotopic (exact) mass is 434 g/mol. The van der Waals surface area contributed by atoms with Crippen molar-refractivity contribution >= 4 is 25.0 Å². The molecule has 1 fully saturated rings. The number of hydrogen-bond acceptors (Lipinski definition) is 10. The third-order valence-electron chi connectivity index (χ3n) is 3.26. The van der Waals surface area contributed by atoms with Crippen molar-refractivity contribution in [3.05, 3.63) is 32.6 Å². The summed E-state index contributed by atoms with van der Waals surface area (Å²) >= 11 is 0. The lowest BCUT2D eigenvalue weighted by Gasteiger charge is -2.18. The van der Waals surface area contributed by atoms with E-state index in [2.05, 4.69) is 13.6 Å². The fourth-order valence-electron chi connectivity index (χ4n) is 2.18. The second kappa shape index (κ2) is 9.09. The molecule has 0 saturated carbocycles. The highest BCUT2D eigenvalue weighted by molar-refractivity contribution is 7.63. The molecule has 148 valence electrons. The first-order valence-corrected chi connectivity index (χ1v) is 10.9. The van der Waals surface area contributed by atoms with E-state index in [1.54, 1.807) is 6.92 Å². The van der Waals surface area contributed by atoms with Crippen molar-refractivity contribution in [2.45, 2.75) is 32.1 Å². The molecule has 0 spiro atoms. The van der Waals surface area contributed by atoms with Crippen LogP contribution in [0.2, 0.25) is 0 Å². The van der Waals surface area contributed by atoms with Gasteiger partial charge < -0.3 is 28.8 Å². The van der Waals surface area contributed by atoms with E-state index in [0.717, 1.165) is 0 Å². The third-order valence-corrected chi connectivity index (χ3v) is 6.43. The van der Waals surface area contributed by atoms with Crippen molar-refractivity contribution < 1.29 is 42.0 Å². The summed E-state index contributed by atoms with van der Waals surface area (Å²) in [7, 11) is -10.9. The van der Waals surface area contributed by atoms with Crippen LogP contribution in [0.3, 0.4) is 0 Å². The van der Waals surface area contributed by atoms with Gasteiger partial charge in [0.15, 0.2) is 0 Å². The molecule has 0 bridgehead atoms. The van der Waals surface area contributed by atoms with Crippen LogP contribution in [0.15, 0.2) is 15.8 Å². The number of ether oxygens (including phenoxy) is 1. The normalized spacial score (nSPS) is 23.9. The van der Waals surface area contributed by atoms with Crippen molar-refractivity contribution in [3.63, 3.8) is 0 Å². The van der Waals surface area contributed by atoms with Gasteiger partial charge in [-0.3, -0.25) is 14.3 Å². The molecule has 4 atom stereocenters. The first kappa shape index (κ1) is 21.7. The van der Waals surface area contributed by atoms with Crippen LogP contribution in [-0.2, 0) is 22.4 Å². The first-order valence-electron chi connectivity index (χ1n) is 7.07. The summed E-state index contributed by atoms with van der Waals surface area (Å²) in [6, 6.07) is 0. The predicted molar refractivity (Wildman–Crippen MR) is 87.6 cm³/mol. The highest BCUT2D eigenvalue weighted by atomic mass is 31.3. The fraction of sp³-hybridized carbons (Fsp3) is 0.600. The second-order valence-corrected chi connectivity index (χ2v) is 8.67. The Morgan fingerprint density at radius 1 is 1.35 bits per heavy atom. The molecule has 0 aromatic carbocycles. The van der Waals surface area contributed by atoms with Crippen LogP contribution >= 0.6 is 25.0 Å². The Morgan fingerprint density at radius 2 is 2.04 bits per heavy atom. The lowest BCUT2D eigenvalue weighted by atomic mass is 10.2. The zero-order valence-corrected chi connectivity index (χ0v) is 16.0. The number of nitrogens with one attached hydrogen (secondary N) is 1. The molecule has 16 heteroatoms. The summed E-state index contributed by atoms with van der Waals surface area (Å²) in [5.41, 5.74) is -0.772. The van der Waals surface area contributed by atoms with Crippen molar-refractivity contribution in [2.24, 2.45) is 0 Å². The molecule has 1 saturated heterocycles. The molecule has 4 unspecified atom stereocenters. The van der Waals surface area contributed by atoms with E-state index in [-0.39, 0.29) is 6.61 Å². The van der Waals surface area contributed by atoms with E-state index < -0.39 is 48.6 Å². The number of aromatic amines is 1. The molecule has 2 heterocycles. The third kappa shape index (κ3) is 6.26. The lowest BCUT2D eigenvalue weighted by Crippen LogP contribution is -2.33. The summed E-state index contributed by atoms with van der Waals surface area (Å²) in [4.78, 5) is 60.9. The van der Waals surface area contributed by atoms with Gasteiger partial charge in [0.25, 0.3) is 5.56 Å². The Morgan fingerprint density at radius 3 is 2.69 bits per heavy atom. The number of H-pyrrole nitrogens is 1. The van der Waals surface area contributed by atoms with Gasteiger partial charge in [-0.2, -0.15) is 0 Å². The van der Waals surface area contributed by atoms with Crippen LogP contribution in [0.5, 0.6) is 0 Å². The molecular weight excluding hydrogens is 417 g/mol. The summed E-state index contributed by atoms with van der Waals surface area (Å²) in [5, 5.41) is 0. The molecule has 1 aromatic heterocycles. The zero-order valence-electron chi connectivity index (χ0n) is 13.3. The van der Waals surface area contributed by atoms with Crippen molar-refractivity contribution in [1.82, 2.24) is 9.55 Å². The van der Waals surface area contributed by atoms with E-state index in [4.69, 9.17) is 23.9 Å². The van der Waals surface area contributed by atoms with E-state index >= 15 is 0 Å². The van der Waals surface area contributed by atoms with Gasteiger partial charge in [0.05, 0.1) is 12.7 Å². The van der Waals surface area contributed by atoms with Gasteiger partial charge in [-0.1, -0.05) is 0 Å². The van der Waals surface area contributed by atoms with E-state index in [1.165, 1.54) is 10.8 Å². The van der Waals surface area contributed by atoms with Crippen LogP contribution in [0.4, 0.5) is 0 Å². The number of aryl methyl sites for hydroxylation is 1. The Hall–Kier alpha value is -0.550. The van der Waals surface area contributed by atoms with Crippen molar-refractivity contribution in [2.75, 3.05) is 6.61 Å². The van der Waals surface area contributed by atoms with Gasteiger partial charge in [-0.05, 0) is 19.8 Å². The Labute approximate surface area is 148 Å². The molecule has 0 radical (unpaired) electrons. The Bertz CT molecular complexity index is 780. The van der Waals surface area contributed by atoms with Gasteiger partial charge in [0.2, 0.25) is 0 Å². The molecule has 1 aromatic rings. The number of rotatable bonds is 8. The van der Waals surface area contributed by atoms with Crippen LogP contribution in [0, 0.1) is 6.92 Å². The Kier molecular flexibility index (Phi) is 7.61. The van der Waals surface area contributed by atoms with Gasteiger partial charge in [0.1, 0.15) is 6.23 Å². The largest absolute Gasteiger partial charge is 0.485 e. The van der Waals surface area contributed by atoms with Crippen molar-refractivity contribution in [3.8, 4) is 0 Å². The predicted octanol–water partition coefficient (Wildman–Crippen LogP) is 0.104. The zero-order chi connectivity index (χ0) is 19.5. The molecule has 0 amide bonds. The maximum atomic E-state index is 11.8. The minimum atomic E-state index is -4.88.